The highest BCUT2D eigenvalue weighted by atomic mass is 16.3. The van der Waals surface area contributed by atoms with Crippen molar-refractivity contribution in [1.82, 2.24) is 4.98 Å². The van der Waals surface area contributed by atoms with Gasteiger partial charge in [-0.1, -0.05) is 48.6 Å². The van der Waals surface area contributed by atoms with Crippen LogP contribution in [0, 0.1) is 0 Å². The van der Waals surface area contributed by atoms with Gasteiger partial charge in [0.25, 0.3) is 0 Å². The molecular formula is C21H25NO. The third-order valence-corrected chi connectivity index (χ3v) is 3.71. The van der Waals surface area contributed by atoms with Crippen molar-refractivity contribution in [3.05, 3.63) is 72.5 Å². The fraction of sp³-hybridized carbons (Fsp3) is 0.286. The molecule has 0 amide bonds. The molecule has 0 saturated heterocycles. The minimum Gasteiger partial charge on any atom is -0.393 e. The first kappa shape index (κ1) is 17.2. The molecule has 2 rings (SSSR count). The predicted molar refractivity (Wildman–Crippen MR) is 98.1 cm³/mol. The summed E-state index contributed by atoms with van der Waals surface area (Å²) in [6.07, 6.45) is 11.6. The fourth-order valence-corrected chi connectivity index (χ4v) is 2.40. The molecule has 0 saturated carbocycles. The van der Waals surface area contributed by atoms with Crippen LogP contribution in [0.1, 0.15) is 37.3 Å². The van der Waals surface area contributed by atoms with Gasteiger partial charge in [-0.05, 0) is 49.8 Å². The Balaban J connectivity index is 1.93. The number of allylic oxidation sites excluding steroid dienone is 2. The molecule has 1 unspecified atom stereocenters. The Morgan fingerprint density at radius 3 is 2.57 bits per heavy atom. The van der Waals surface area contributed by atoms with E-state index < -0.39 is 0 Å². The van der Waals surface area contributed by atoms with Gasteiger partial charge in [0.2, 0.25) is 0 Å². The zero-order valence-corrected chi connectivity index (χ0v) is 13.8. The number of benzene rings is 1. The molecule has 23 heavy (non-hydrogen) atoms. The maximum Gasteiger partial charge on any atom is 0.0702 e. The lowest BCUT2D eigenvalue weighted by Gasteiger charge is -2.03. The lowest BCUT2D eigenvalue weighted by atomic mass is 10.1. The standard InChI is InChI=1S/C21H25NO/c1-3-7-19-12-15-21(22-16-19)20-13-10-18(11-14-20)9-6-4-5-8-17(2)23/h3,6,9-17,23H,1,4-5,7-8H2,2H3/b9-6+. The Hall–Kier alpha value is -2.19. The van der Waals surface area contributed by atoms with Crippen LogP contribution < -0.4 is 0 Å². The number of aromatic nitrogens is 1. The Morgan fingerprint density at radius 1 is 1.17 bits per heavy atom. The first-order valence-electron chi connectivity index (χ1n) is 8.20. The third kappa shape index (κ3) is 5.84. The number of hydrogen-bond acceptors (Lipinski definition) is 2. The largest absolute Gasteiger partial charge is 0.393 e. The van der Waals surface area contributed by atoms with E-state index in [1.807, 2.05) is 19.2 Å². The zero-order valence-electron chi connectivity index (χ0n) is 13.8. The molecule has 2 heteroatoms. The van der Waals surface area contributed by atoms with Crippen LogP contribution in [-0.4, -0.2) is 16.2 Å². The molecule has 0 aliphatic rings. The Morgan fingerprint density at radius 2 is 1.96 bits per heavy atom. The number of nitrogens with zero attached hydrogens (tertiary/aromatic N) is 1. The molecule has 1 heterocycles. The van der Waals surface area contributed by atoms with Crippen molar-refractivity contribution in [2.24, 2.45) is 0 Å². The van der Waals surface area contributed by atoms with E-state index in [1.165, 1.54) is 11.1 Å². The van der Waals surface area contributed by atoms with Crippen LogP contribution in [0.4, 0.5) is 0 Å². The number of pyridine rings is 1. The minimum atomic E-state index is -0.201. The molecule has 1 N–H and O–H groups in total. The molecule has 0 fully saturated rings. The van der Waals surface area contributed by atoms with Crippen LogP contribution in [0.5, 0.6) is 0 Å². The topological polar surface area (TPSA) is 33.1 Å². The zero-order chi connectivity index (χ0) is 16.5. The third-order valence-electron chi connectivity index (χ3n) is 3.71. The molecule has 1 atom stereocenters. The van der Waals surface area contributed by atoms with Gasteiger partial charge in [0, 0.05) is 11.8 Å². The van der Waals surface area contributed by atoms with Gasteiger partial charge in [0.1, 0.15) is 0 Å². The van der Waals surface area contributed by atoms with Crippen molar-refractivity contribution >= 4 is 6.08 Å². The molecule has 1 aromatic carbocycles. The molecule has 0 spiro atoms. The maximum atomic E-state index is 9.22. The molecule has 1 aromatic heterocycles. The van der Waals surface area contributed by atoms with Gasteiger partial charge >= 0.3 is 0 Å². The Bertz CT molecular complexity index is 624. The van der Waals surface area contributed by atoms with E-state index in [0.29, 0.717) is 0 Å². The average molecular weight is 307 g/mol. The normalized spacial score (nSPS) is 12.4. The molecule has 0 aliphatic carbocycles. The maximum absolute atomic E-state index is 9.22. The van der Waals surface area contributed by atoms with Crippen LogP contribution in [0.25, 0.3) is 17.3 Å². The summed E-state index contributed by atoms with van der Waals surface area (Å²) in [5.74, 6) is 0. The second-order valence-corrected chi connectivity index (χ2v) is 5.85. The van der Waals surface area contributed by atoms with Crippen molar-refractivity contribution in [2.75, 3.05) is 0 Å². The summed E-state index contributed by atoms with van der Waals surface area (Å²) in [6.45, 7) is 5.58. The molecule has 2 nitrogen and oxygen atoms in total. The van der Waals surface area contributed by atoms with E-state index in [0.717, 1.165) is 36.9 Å². The Labute approximate surface area is 139 Å². The molecule has 0 radical (unpaired) electrons. The molecule has 2 aromatic rings. The highest BCUT2D eigenvalue weighted by Gasteiger charge is 1.99. The van der Waals surface area contributed by atoms with E-state index in [2.05, 4.69) is 60.1 Å². The van der Waals surface area contributed by atoms with Crippen LogP contribution in [0.3, 0.4) is 0 Å². The quantitative estimate of drug-likeness (QED) is 0.547. The van der Waals surface area contributed by atoms with Gasteiger partial charge in [0.05, 0.1) is 11.8 Å². The van der Waals surface area contributed by atoms with E-state index in [9.17, 15) is 5.11 Å². The average Bonchev–Trinajstić information content (AvgIpc) is 2.56. The second kappa shape index (κ2) is 9.06. The summed E-state index contributed by atoms with van der Waals surface area (Å²) < 4.78 is 0. The highest BCUT2D eigenvalue weighted by molar-refractivity contribution is 5.62. The van der Waals surface area contributed by atoms with Crippen molar-refractivity contribution in [3.63, 3.8) is 0 Å². The number of aliphatic hydroxyl groups is 1. The van der Waals surface area contributed by atoms with Crippen molar-refractivity contribution in [3.8, 4) is 11.3 Å². The van der Waals surface area contributed by atoms with Crippen LogP contribution >= 0.6 is 0 Å². The summed E-state index contributed by atoms with van der Waals surface area (Å²) >= 11 is 0. The van der Waals surface area contributed by atoms with Gasteiger partial charge in [-0.3, -0.25) is 4.98 Å². The summed E-state index contributed by atoms with van der Waals surface area (Å²) in [6, 6.07) is 12.6. The number of hydrogen-bond donors (Lipinski definition) is 1. The van der Waals surface area contributed by atoms with Crippen molar-refractivity contribution in [2.45, 2.75) is 38.7 Å². The lowest BCUT2D eigenvalue weighted by Crippen LogP contribution is -1.97. The first-order valence-corrected chi connectivity index (χ1v) is 8.20. The summed E-state index contributed by atoms with van der Waals surface area (Å²) in [7, 11) is 0. The van der Waals surface area contributed by atoms with Crippen molar-refractivity contribution < 1.29 is 5.11 Å². The fourth-order valence-electron chi connectivity index (χ4n) is 2.40. The summed E-state index contributed by atoms with van der Waals surface area (Å²) in [5, 5.41) is 9.22. The first-order chi connectivity index (χ1) is 11.2. The smallest absolute Gasteiger partial charge is 0.0702 e. The number of aliphatic hydroxyl groups excluding tert-OH is 1. The monoisotopic (exact) mass is 307 g/mol. The second-order valence-electron chi connectivity index (χ2n) is 5.85. The van der Waals surface area contributed by atoms with Crippen LogP contribution in [-0.2, 0) is 6.42 Å². The lowest BCUT2D eigenvalue weighted by molar-refractivity contribution is 0.182. The van der Waals surface area contributed by atoms with Gasteiger partial charge in [-0.2, -0.15) is 0 Å². The van der Waals surface area contributed by atoms with Gasteiger partial charge in [-0.25, -0.2) is 0 Å². The predicted octanol–water partition coefficient (Wildman–Crippen LogP) is 5.04. The van der Waals surface area contributed by atoms with E-state index >= 15 is 0 Å². The number of rotatable bonds is 8. The van der Waals surface area contributed by atoms with E-state index in [-0.39, 0.29) is 6.10 Å². The van der Waals surface area contributed by atoms with Crippen molar-refractivity contribution in [1.29, 1.82) is 0 Å². The van der Waals surface area contributed by atoms with Gasteiger partial charge < -0.3 is 5.11 Å². The summed E-state index contributed by atoms with van der Waals surface area (Å²) in [5.41, 5.74) is 4.49. The summed E-state index contributed by atoms with van der Waals surface area (Å²) in [4.78, 5) is 4.51. The SMILES string of the molecule is C=CCc1ccc(-c2ccc(/C=C/CCCC(C)O)cc2)nc1. The highest BCUT2D eigenvalue weighted by Crippen LogP contribution is 2.18. The molecule has 120 valence electrons. The van der Waals surface area contributed by atoms with Gasteiger partial charge in [0.15, 0.2) is 0 Å². The van der Waals surface area contributed by atoms with Crippen LogP contribution in [0.2, 0.25) is 0 Å². The number of unbranched alkanes of at least 4 members (excludes halogenated alkanes) is 1. The molecule has 0 aliphatic heterocycles. The van der Waals surface area contributed by atoms with E-state index in [4.69, 9.17) is 0 Å². The molecule has 0 bridgehead atoms. The minimum absolute atomic E-state index is 0.201. The van der Waals surface area contributed by atoms with Gasteiger partial charge in [-0.15, -0.1) is 6.58 Å². The molecular weight excluding hydrogens is 282 g/mol. The van der Waals surface area contributed by atoms with Crippen LogP contribution in [0.15, 0.2) is 61.3 Å². The van der Waals surface area contributed by atoms with E-state index in [1.54, 1.807) is 0 Å². The Kier molecular flexibility index (Phi) is 6.76.